The van der Waals surface area contributed by atoms with E-state index in [4.69, 9.17) is 18.9 Å². The van der Waals surface area contributed by atoms with Crippen molar-refractivity contribution in [1.82, 2.24) is 0 Å². The Balaban J connectivity index is 2.09. The van der Waals surface area contributed by atoms with Gasteiger partial charge in [-0.05, 0) is 38.3 Å². The van der Waals surface area contributed by atoms with E-state index in [9.17, 15) is 9.59 Å². The highest BCUT2D eigenvalue weighted by molar-refractivity contribution is 5.66. The summed E-state index contributed by atoms with van der Waals surface area (Å²) in [5, 5.41) is 0. The van der Waals surface area contributed by atoms with E-state index < -0.39 is 6.10 Å². The molecule has 0 radical (unpaired) electrons. The molecule has 0 aliphatic carbocycles. The Bertz CT molecular complexity index is 834. The zero-order chi connectivity index (χ0) is 24.9. The van der Waals surface area contributed by atoms with Crippen LogP contribution in [0.25, 0.3) is 0 Å². The summed E-state index contributed by atoms with van der Waals surface area (Å²) in [7, 11) is 0. The molecule has 0 spiro atoms. The van der Waals surface area contributed by atoms with Gasteiger partial charge in [0, 0.05) is 25.7 Å². The first-order chi connectivity index (χ1) is 16.4. The fourth-order valence-corrected chi connectivity index (χ4v) is 4.19. The minimum atomic E-state index is -0.397. The summed E-state index contributed by atoms with van der Waals surface area (Å²) >= 11 is 0. The van der Waals surface area contributed by atoms with Crippen molar-refractivity contribution in [2.45, 2.75) is 65.0 Å². The predicted molar refractivity (Wildman–Crippen MR) is 133 cm³/mol. The van der Waals surface area contributed by atoms with Gasteiger partial charge in [-0.3, -0.25) is 9.59 Å². The second-order valence-corrected chi connectivity index (χ2v) is 8.45. The van der Waals surface area contributed by atoms with E-state index in [1.165, 1.54) is 13.8 Å². The van der Waals surface area contributed by atoms with Gasteiger partial charge in [-0.25, -0.2) is 0 Å². The van der Waals surface area contributed by atoms with Crippen LogP contribution >= 0.6 is 0 Å². The molecule has 6 nitrogen and oxygen atoms in total. The van der Waals surface area contributed by atoms with Crippen molar-refractivity contribution < 1.29 is 28.5 Å². The van der Waals surface area contributed by atoms with Gasteiger partial charge in [-0.2, -0.15) is 0 Å². The van der Waals surface area contributed by atoms with Crippen molar-refractivity contribution >= 4 is 11.9 Å². The van der Waals surface area contributed by atoms with Crippen molar-refractivity contribution in [2.75, 3.05) is 13.2 Å². The zero-order valence-electron chi connectivity index (χ0n) is 20.7. The number of hydrogen-bond donors (Lipinski definition) is 0. The first-order valence-corrected chi connectivity index (χ1v) is 11.9. The van der Waals surface area contributed by atoms with Gasteiger partial charge in [0.25, 0.3) is 0 Å². The second-order valence-electron chi connectivity index (χ2n) is 8.45. The molecule has 2 aliphatic heterocycles. The van der Waals surface area contributed by atoms with Crippen LogP contribution in [0.5, 0.6) is 0 Å². The van der Waals surface area contributed by atoms with Gasteiger partial charge in [0.2, 0.25) is 0 Å². The van der Waals surface area contributed by atoms with Crippen LogP contribution in [0.3, 0.4) is 0 Å². The molecule has 2 fully saturated rings. The quantitative estimate of drug-likeness (QED) is 0.311. The summed E-state index contributed by atoms with van der Waals surface area (Å²) in [5.41, 5.74) is 0.971. The molecule has 6 heteroatoms. The van der Waals surface area contributed by atoms with Gasteiger partial charge < -0.3 is 18.9 Å². The van der Waals surface area contributed by atoms with E-state index in [-0.39, 0.29) is 42.1 Å². The number of ether oxygens (including phenoxy) is 4. The number of hydrogen-bond acceptors (Lipinski definition) is 6. The number of rotatable bonds is 11. The normalized spacial score (nSPS) is 30.2. The lowest BCUT2D eigenvalue weighted by Gasteiger charge is -2.22. The molecule has 0 N–H and O–H groups in total. The van der Waals surface area contributed by atoms with Crippen LogP contribution in [0.4, 0.5) is 0 Å². The lowest BCUT2D eigenvalue weighted by molar-refractivity contribution is -0.150. The van der Waals surface area contributed by atoms with Crippen molar-refractivity contribution in [3.05, 3.63) is 72.9 Å². The summed E-state index contributed by atoms with van der Waals surface area (Å²) in [5.74, 6) is -0.662. The second kappa shape index (κ2) is 14.5. The molecule has 0 aromatic rings. The van der Waals surface area contributed by atoms with Gasteiger partial charge >= 0.3 is 11.9 Å². The van der Waals surface area contributed by atoms with Gasteiger partial charge in [0.1, 0.15) is 18.3 Å². The van der Waals surface area contributed by atoms with Gasteiger partial charge in [-0.1, -0.05) is 61.3 Å². The highest BCUT2D eigenvalue weighted by Gasteiger charge is 2.39. The summed E-state index contributed by atoms with van der Waals surface area (Å²) in [6.45, 7) is 11.6. The van der Waals surface area contributed by atoms with Gasteiger partial charge in [0.05, 0.1) is 19.3 Å². The molecule has 0 amide bonds. The van der Waals surface area contributed by atoms with E-state index in [0.29, 0.717) is 26.1 Å². The van der Waals surface area contributed by atoms with Crippen molar-refractivity contribution in [2.24, 2.45) is 11.8 Å². The number of esters is 2. The molecule has 2 rings (SSSR count). The topological polar surface area (TPSA) is 71.1 Å². The maximum atomic E-state index is 11.7. The van der Waals surface area contributed by atoms with Gasteiger partial charge in [-0.15, -0.1) is 0 Å². The molecule has 0 aromatic carbocycles. The number of allylic oxidation sites excluding steroid dienone is 8. The van der Waals surface area contributed by atoms with Crippen molar-refractivity contribution in [3.8, 4) is 0 Å². The molecule has 34 heavy (non-hydrogen) atoms. The molecule has 2 saturated heterocycles. The monoisotopic (exact) mass is 470 g/mol. The van der Waals surface area contributed by atoms with Crippen LogP contribution in [-0.4, -0.2) is 49.6 Å². The number of carbonyl (C=O) groups excluding carboxylic acids is 2. The summed E-state index contributed by atoms with van der Waals surface area (Å²) < 4.78 is 23.2. The van der Waals surface area contributed by atoms with Crippen LogP contribution in [0.1, 0.15) is 40.5 Å². The molecule has 2 aliphatic rings. The standard InChI is InChI=1S/C28H38O6/c1-6-9-11-13-23-18-31-25(27(23)33-20(4)29)16-15-22(8-3)17-26-28(34-21(5)30)24(19-32-26)14-12-10-7-2/h6-14,17,23-28H,3,15-16,18-19H2,1-2,4-5H3/b9-6+,10-7+,13-11+,14-12+,22-17-/t23-,24-,25-,26-,27+,28+/m1/s1. The smallest absolute Gasteiger partial charge is 0.303 e. The number of carbonyl (C=O) groups is 2. The van der Waals surface area contributed by atoms with E-state index in [1.807, 2.05) is 68.5 Å². The molecule has 0 aromatic heterocycles. The Labute approximate surface area is 203 Å². The molecule has 6 atom stereocenters. The van der Waals surface area contributed by atoms with E-state index in [0.717, 1.165) is 5.57 Å². The lowest BCUT2D eigenvalue weighted by Crippen LogP contribution is -2.31. The predicted octanol–water partition coefficient (Wildman–Crippen LogP) is 5.04. The largest absolute Gasteiger partial charge is 0.459 e. The Morgan fingerprint density at radius 2 is 1.44 bits per heavy atom. The average molecular weight is 471 g/mol. The van der Waals surface area contributed by atoms with E-state index in [2.05, 4.69) is 6.58 Å². The highest BCUT2D eigenvalue weighted by Crippen LogP contribution is 2.31. The van der Waals surface area contributed by atoms with Gasteiger partial charge in [0.15, 0.2) is 0 Å². The van der Waals surface area contributed by atoms with Crippen LogP contribution in [0.15, 0.2) is 72.9 Å². The molecular weight excluding hydrogens is 432 g/mol. The summed E-state index contributed by atoms with van der Waals surface area (Å²) in [6.07, 6.45) is 19.5. The van der Waals surface area contributed by atoms with E-state index in [1.54, 1.807) is 6.08 Å². The van der Waals surface area contributed by atoms with Crippen LogP contribution < -0.4 is 0 Å². The highest BCUT2D eigenvalue weighted by atomic mass is 16.6. The Kier molecular flexibility index (Phi) is 11.8. The van der Waals surface area contributed by atoms with Crippen LogP contribution in [0, 0.1) is 11.8 Å². The SMILES string of the molecule is C=C/C(=C/[C@H]1OC[C@@H](/C=C/C=C/C)[C@@H]1OC(C)=O)CC[C@H]1OC[C@@H](/C=C/C=C/C)[C@@H]1OC(C)=O. The summed E-state index contributed by atoms with van der Waals surface area (Å²) in [4.78, 5) is 23.4. The third kappa shape index (κ3) is 8.58. The van der Waals surface area contributed by atoms with Crippen LogP contribution in [-0.2, 0) is 28.5 Å². The lowest BCUT2D eigenvalue weighted by atomic mass is 9.95. The average Bonchev–Trinajstić information content (AvgIpc) is 3.34. The maximum absolute atomic E-state index is 11.7. The molecule has 0 unspecified atom stereocenters. The third-order valence-corrected chi connectivity index (χ3v) is 5.80. The maximum Gasteiger partial charge on any atom is 0.303 e. The fourth-order valence-electron chi connectivity index (χ4n) is 4.19. The first-order valence-electron chi connectivity index (χ1n) is 11.9. The van der Waals surface area contributed by atoms with Crippen LogP contribution in [0.2, 0.25) is 0 Å². The van der Waals surface area contributed by atoms with Crippen molar-refractivity contribution in [3.63, 3.8) is 0 Å². The zero-order valence-corrected chi connectivity index (χ0v) is 20.7. The Morgan fingerprint density at radius 3 is 2.00 bits per heavy atom. The Morgan fingerprint density at radius 1 is 0.882 bits per heavy atom. The van der Waals surface area contributed by atoms with E-state index >= 15 is 0 Å². The molecule has 0 saturated carbocycles. The fraction of sp³-hybridized carbons (Fsp3) is 0.500. The van der Waals surface area contributed by atoms with Crippen molar-refractivity contribution in [1.29, 1.82) is 0 Å². The first kappa shape index (κ1) is 27.5. The molecule has 0 bridgehead atoms. The molecule has 2 heterocycles. The molecule has 186 valence electrons. The minimum Gasteiger partial charge on any atom is -0.459 e. The minimum absolute atomic E-state index is 0.0116. The Hall–Kier alpha value is -2.70. The third-order valence-electron chi connectivity index (χ3n) is 5.80. The summed E-state index contributed by atoms with van der Waals surface area (Å²) in [6, 6.07) is 0. The molecular formula is C28H38O6.